The van der Waals surface area contributed by atoms with E-state index in [1.807, 2.05) is 12.4 Å². The second-order valence-corrected chi connectivity index (χ2v) is 5.84. The fourth-order valence-electron chi connectivity index (χ4n) is 2.95. The summed E-state index contributed by atoms with van der Waals surface area (Å²) >= 11 is 0. The van der Waals surface area contributed by atoms with Crippen molar-refractivity contribution in [1.82, 2.24) is 14.5 Å². The maximum atomic E-state index is 6.17. The van der Waals surface area contributed by atoms with Gasteiger partial charge in [-0.25, -0.2) is 9.98 Å². The van der Waals surface area contributed by atoms with E-state index >= 15 is 0 Å². The number of hydrogen-bond acceptors (Lipinski definition) is 2. The third kappa shape index (κ3) is 3.45. The Morgan fingerprint density at radius 3 is 2.80 bits per heavy atom. The first-order chi connectivity index (χ1) is 9.22. The van der Waals surface area contributed by atoms with Crippen molar-refractivity contribution in [2.24, 2.45) is 16.6 Å². The number of aliphatic imine (C=N–C) groups is 1. The Bertz CT molecular complexity index is 462. The molecule has 1 fully saturated rings. The van der Waals surface area contributed by atoms with E-state index in [9.17, 15) is 0 Å². The van der Waals surface area contributed by atoms with Crippen LogP contribution in [-0.4, -0.2) is 39.5 Å². The number of halogens is 1. The van der Waals surface area contributed by atoms with E-state index in [-0.39, 0.29) is 24.0 Å². The van der Waals surface area contributed by atoms with Gasteiger partial charge in [-0.2, -0.15) is 0 Å². The third-order valence-corrected chi connectivity index (χ3v) is 4.35. The summed E-state index contributed by atoms with van der Waals surface area (Å²) in [7, 11) is 0. The first-order valence-electron chi connectivity index (χ1n) is 7.30. The first-order valence-corrected chi connectivity index (χ1v) is 7.30. The molecule has 1 saturated heterocycles. The fraction of sp³-hybridized carbons (Fsp3) is 0.714. The van der Waals surface area contributed by atoms with Gasteiger partial charge < -0.3 is 15.2 Å². The highest BCUT2D eigenvalue weighted by Crippen LogP contribution is 2.18. The van der Waals surface area contributed by atoms with Crippen molar-refractivity contribution in [3.05, 3.63) is 18.2 Å². The number of piperidine rings is 1. The molecule has 3 rings (SSSR count). The van der Waals surface area contributed by atoms with E-state index in [2.05, 4.69) is 21.4 Å². The lowest BCUT2D eigenvalue weighted by atomic mass is 9.99. The molecule has 1 aromatic heterocycles. The van der Waals surface area contributed by atoms with Crippen molar-refractivity contribution in [2.75, 3.05) is 13.1 Å². The van der Waals surface area contributed by atoms with Crippen molar-refractivity contribution < 1.29 is 0 Å². The molecule has 6 heteroatoms. The predicted octanol–water partition coefficient (Wildman–Crippen LogP) is 1.86. The molecule has 0 aromatic carbocycles. The van der Waals surface area contributed by atoms with Crippen LogP contribution in [0.5, 0.6) is 0 Å². The maximum Gasteiger partial charge on any atom is 0.191 e. The van der Waals surface area contributed by atoms with E-state index < -0.39 is 0 Å². The molecule has 0 bridgehead atoms. The Morgan fingerprint density at radius 1 is 1.30 bits per heavy atom. The number of nitrogens with two attached hydrogens (primary N) is 1. The quantitative estimate of drug-likeness (QED) is 0.453. The number of aryl methyl sites for hydroxylation is 1. The van der Waals surface area contributed by atoms with Gasteiger partial charge in [0.15, 0.2) is 5.96 Å². The summed E-state index contributed by atoms with van der Waals surface area (Å²) in [6.45, 7) is 5.43. The Labute approximate surface area is 137 Å². The smallest absolute Gasteiger partial charge is 0.191 e. The van der Waals surface area contributed by atoms with Crippen LogP contribution in [0.3, 0.4) is 0 Å². The minimum absolute atomic E-state index is 0. The molecule has 0 radical (unpaired) electrons. The second-order valence-electron chi connectivity index (χ2n) is 5.84. The minimum Gasteiger partial charge on any atom is -0.370 e. The topological polar surface area (TPSA) is 59.4 Å². The summed E-state index contributed by atoms with van der Waals surface area (Å²) in [4.78, 5) is 11.3. The second kappa shape index (κ2) is 6.78. The van der Waals surface area contributed by atoms with Gasteiger partial charge in [0.2, 0.25) is 0 Å². The molecule has 0 spiro atoms. The van der Waals surface area contributed by atoms with Gasteiger partial charge in [0.1, 0.15) is 5.82 Å². The molecule has 0 saturated carbocycles. The summed E-state index contributed by atoms with van der Waals surface area (Å²) in [5, 5.41) is 0. The van der Waals surface area contributed by atoms with E-state index in [0.717, 1.165) is 50.2 Å². The van der Waals surface area contributed by atoms with Crippen LogP contribution >= 0.6 is 24.0 Å². The van der Waals surface area contributed by atoms with Crippen LogP contribution in [0.4, 0.5) is 0 Å². The third-order valence-electron chi connectivity index (χ3n) is 4.35. The van der Waals surface area contributed by atoms with Crippen LogP contribution in [0.25, 0.3) is 0 Å². The van der Waals surface area contributed by atoms with Crippen molar-refractivity contribution in [1.29, 1.82) is 0 Å². The number of guanidine groups is 1. The minimum atomic E-state index is 0. The van der Waals surface area contributed by atoms with Gasteiger partial charge in [-0.3, -0.25) is 0 Å². The number of imidazole rings is 1. The molecule has 2 aliphatic heterocycles. The van der Waals surface area contributed by atoms with Gasteiger partial charge in [0.25, 0.3) is 0 Å². The van der Waals surface area contributed by atoms with Crippen LogP contribution < -0.4 is 5.73 Å². The molecular weight excluding hydrogens is 365 g/mol. The monoisotopic (exact) mass is 389 g/mol. The number of hydrogen-bond donors (Lipinski definition) is 1. The standard InChI is InChI=1S/C14H23N5.HI/c1-11-2-6-19(7-3-11)14(15)17-12-4-8-18-9-5-16-13(18)10-12;/h5,9,11-12H,2-4,6-8,10H2,1H3,(H2,15,17);1H. The first kappa shape index (κ1) is 15.6. The molecule has 2 aliphatic rings. The largest absolute Gasteiger partial charge is 0.370 e. The average Bonchev–Trinajstić information content (AvgIpc) is 2.87. The highest BCUT2D eigenvalue weighted by molar-refractivity contribution is 14.0. The molecule has 0 aliphatic carbocycles. The average molecular weight is 389 g/mol. The Morgan fingerprint density at radius 2 is 2.05 bits per heavy atom. The summed E-state index contributed by atoms with van der Waals surface area (Å²) in [6, 6.07) is 0.300. The van der Waals surface area contributed by atoms with Gasteiger partial charge in [0, 0.05) is 38.4 Å². The van der Waals surface area contributed by atoms with Crippen LogP contribution in [0.2, 0.25) is 0 Å². The zero-order chi connectivity index (χ0) is 13.2. The molecule has 1 unspecified atom stereocenters. The van der Waals surface area contributed by atoms with E-state index in [1.54, 1.807) is 0 Å². The highest BCUT2D eigenvalue weighted by Gasteiger charge is 2.21. The Kier molecular flexibility index (Phi) is 5.29. The summed E-state index contributed by atoms with van der Waals surface area (Å²) in [5.41, 5.74) is 6.17. The molecule has 1 atom stereocenters. The zero-order valence-electron chi connectivity index (χ0n) is 12.0. The lowest BCUT2D eigenvalue weighted by Gasteiger charge is -2.32. The van der Waals surface area contributed by atoms with E-state index in [1.165, 1.54) is 12.8 Å². The fourth-order valence-corrected chi connectivity index (χ4v) is 2.95. The van der Waals surface area contributed by atoms with Gasteiger partial charge in [-0.05, 0) is 25.2 Å². The number of likely N-dealkylation sites (tertiary alicyclic amines) is 1. The number of fused-ring (bicyclic) bond motifs is 1. The molecule has 112 valence electrons. The van der Waals surface area contributed by atoms with Gasteiger partial charge in [-0.1, -0.05) is 6.92 Å². The van der Waals surface area contributed by atoms with Crippen LogP contribution in [0.1, 0.15) is 32.0 Å². The van der Waals surface area contributed by atoms with Gasteiger partial charge >= 0.3 is 0 Å². The Balaban J connectivity index is 0.00000147. The molecule has 0 amide bonds. The van der Waals surface area contributed by atoms with Gasteiger partial charge in [-0.15, -0.1) is 24.0 Å². The number of aromatic nitrogens is 2. The zero-order valence-corrected chi connectivity index (χ0v) is 14.4. The van der Waals surface area contributed by atoms with Crippen molar-refractivity contribution in [2.45, 2.75) is 45.2 Å². The lowest BCUT2D eigenvalue weighted by molar-refractivity contribution is 0.276. The molecule has 3 heterocycles. The molecule has 1 aromatic rings. The molecule has 5 nitrogen and oxygen atoms in total. The Hall–Kier alpha value is -0.790. The van der Waals surface area contributed by atoms with Crippen LogP contribution in [0, 0.1) is 5.92 Å². The molecule has 2 N–H and O–H groups in total. The lowest BCUT2D eigenvalue weighted by Crippen LogP contribution is -2.43. The van der Waals surface area contributed by atoms with E-state index in [4.69, 9.17) is 10.7 Å². The van der Waals surface area contributed by atoms with Crippen molar-refractivity contribution >= 4 is 29.9 Å². The molecular formula is C14H24IN5. The van der Waals surface area contributed by atoms with Crippen molar-refractivity contribution in [3.63, 3.8) is 0 Å². The maximum absolute atomic E-state index is 6.17. The van der Waals surface area contributed by atoms with Gasteiger partial charge in [0.05, 0.1) is 6.04 Å². The predicted molar refractivity (Wildman–Crippen MR) is 91.3 cm³/mol. The summed E-state index contributed by atoms with van der Waals surface area (Å²) in [5.74, 6) is 2.70. The normalized spacial score (nSPS) is 24.1. The highest BCUT2D eigenvalue weighted by atomic mass is 127. The van der Waals surface area contributed by atoms with Crippen LogP contribution in [0.15, 0.2) is 17.4 Å². The van der Waals surface area contributed by atoms with E-state index in [0.29, 0.717) is 6.04 Å². The summed E-state index contributed by atoms with van der Waals surface area (Å²) in [6.07, 6.45) is 8.35. The number of nitrogens with zero attached hydrogens (tertiary/aromatic N) is 4. The molecule has 20 heavy (non-hydrogen) atoms. The van der Waals surface area contributed by atoms with Crippen molar-refractivity contribution in [3.8, 4) is 0 Å². The SMILES string of the molecule is CC1CCN(C(N)=NC2CCn3ccnc3C2)CC1.I. The van der Waals surface area contributed by atoms with Crippen LogP contribution in [-0.2, 0) is 13.0 Å². The number of rotatable bonds is 1. The summed E-state index contributed by atoms with van der Waals surface area (Å²) < 4.78 is 2.21.